The minimum Gasteiger partial charge on any atom is -0.380 e. The molecular formula is C16H12F2N2. The van der Waals surface area contributed by atoms with Crippen molar-refractivity contribution >= 4 is 16.6 Å². The molecule has 0 amide bonds. The first-order chi connectivity index (χ1) is 9.75. The number of hydrogen-bond acceptors (Lipinski definition) is 2. The molecule has 0 atom stereocenters. The van der Waals surface area contributed by atoms with Crippen molar-refractivity contribution in [2.45, 2.75) is 6.54 Å². The van der Waals surface area contributed by atoms with Crippen LogP contribution >= 0.6 is 0 Å². The zero-order chi connectivity index (χ0) is 13.9. The summed E-state index contributed by atoms with van der Waals surface area (Å²) in [6.07, 6.45) is 1.72. The summed E-state index contributed by atoms with van der Waals surface area (Å²) in [6, 6.07) is 13.6. The third-order valence-electron chi connectivity index (χ3n) is 3.15. The summed E-state index contributed by atoms with van der Waals surface area (Å²) >= 11 is 0. The SMILES string of the molecule is Fc1cccc(CNc2cccc3ncccc23)c1F. The van der Waals surface area contributed by atoms with Gasteiger partial charge in [0.1, 0.15) is 0 Å². The normalized spacial score (nSPS) is 10.7. The molecule has 1 aromatic heterocycles. The van der Waals surface area contributed by atoms with Crippen molar-refractivity contribution in [1.82, 2.24) is 4.98 Å². The predicted molar refractivity (Wildman–Crippen MR) is 75.4 cm³/mol. The Hall–Kier alpha value is -2.49. The summed E-state index contributed by atoms with van der Waals surface area (Å²) in [4.78, 5) is 4.25. The van der Waals surface area contributed by atoms with Crippen molar-refractivity contribution in [2.24, 2.45) is 0 Å². The van der Waals surface area contributed by atoms with Crippen LogP contribution in [0.3, 0.4) is 0 Å². The number of aromatic nitrogens is 1. The molecule has 0 radical (unpaired) electrons. The van der Waals surface area contributed by atoms with Crippen molar-refractivity contribution in [3.63, 3.8) is 0 Å². The minimum atomic E-state index is -0.830. The lowest BCUT2D eigenvalue weighted by Crippen LogP contribution is -2.03. The molecule has 100 valence electrons. The highest BCUT2D eigenvalue weighted by Crippen LogP contribution is 2.22. The first kappa shape index (κ1) is 12.5. The lowest BCUT2D eigenvalue weighted by molar-refractivity contribution is 0.500. The van der Waals surface area contributed by atoms with Crippen molar-refractivity contribution in [1.29, 1.82) is 0 Å². The van der Waals surface area contributed by atoms with E-state index in [0.717, 1.165) is 22.7 Å². The second-order valence-electron chi connectivity index (χ2n) is 4.44. The van der Waals surface area contributed by atoms with E-state index in [2.05, 4.69) is 10.3 Å². The zero-order valence-electron chi connectivity index (χ0n) is 10.6. The Morgan fingerprint density at radius 3 is 2.70 bits per heavy atom. The van der Waals surface area contributed by atoms with Gasteiger partial charge < -0.3 is 5.32 Å². The molecule has 0 saturated carbocycles. The highest BCUT2D eigenvalue weighted by atomic mass is 19.2. The summed E-state index contributed by atoms with van der Waals surface area (Å²) < 4.78 is 26.7. The molecular weight excluding hydrogens is 258 g/mol. The van der Waals surface area contributed by atoms with E-state index in [1.807, 2.05) is 30.3 Å². The van der Waals surface area contributed by atoms with Gasteiger partial charge in [-0.1, -0.05) is 18.2 Å². The molecule has 3 rings (SSSR count). The molecule has 0 bridgehead atoms. The zero-order valence-corrected chi connectivity index (χ0v) is 10.6. The largest absolute Gasteiger partial charge is 0.380 e. The van der Waals surface area contributed by atoms with Crippen LogP contribution in [0.2, 0.25) is 0 Å². The Kier molecular flexibility index (Phi) is 3.29. The van der Waals surface area contributed by atoms with E-state index in [9.17, 15) is 8.78 Å². The van der Waals surface area contributed by atoms with Crippen LogP contribution in [0.4, 0.5) is 14.5 Å². The van der Waals surface area contributed by atoms with Crippen LogP contribution in [0.5, 0.6) is 0 Å². The van der Waals surface area contributed by atoms with E-state index >= 15 is 0 Å². The monoisotopic (exact) mass is 270 g/mol. The number of nitrogens with zero attached hydrogens (tertiary/aromatic N) is 1. The lowest BCUT2D eigenvalue weighted by Gasteiger charge is -2.10. The molecule has 3 aromatic rings. The predicted octanol–water partition coefficient (Wildman–Crippen LogP) is 4.13. The van der Waals surface area contributed by atoms with Crippen LogP contribution in [-0.4, -0.2) is 4.98 Å². The van der Waals surface area contributed by atoms with Gasteiger partial charge in [-0.15, -0.1) is 0 Å². The number of nitrogens with one attached hydrogen (secondary N) is 1. The fourth-order valence-electron chi connectivity index (χ4n) is 2.13. The summed E-state index contributed by atoms with van der Waals surface area (Å²) in [5.74, 6) is -1.64. The lowest BCUT2D eigenvalue weighted by atomic mass is 10.1. The number of hydrogen-bond donors (Lipinski definition) is 1. The van der Waals surface area contributed by atoms with Crippen LogP contribution in [-0.2, 0) is 6.54 Å². The van der Waals surface area contributed by atoms with E-state index in [1.165, 1.54) is 6.07 Å². The average molecular weight is 270 g/mol. The summed E-state index contributed by atoms with van der Waals surface area (Å²) in [5, 5.41) is 4.08. The second kappa shape index (κ2) is 5.25. The highest BCUT2D eigenvalue weighted by Gasteiger charge is 2.08. The number of rotatable bonds is 3. The molecule has 20 heavy (non-hydrogen) atoms. The van der Waals surface area contributed by atoms with Crippen LogP contribution in [0.1, 0.15) is 5.56 Å². The Morgan fingerprint density at radius 1 is 0.950 bits per heavy atom. The highest BCUT2D eigenvalue weighted by molar-refractivity contribution is 5.91. The molecule has 0 fully saturated rings. The van der Waals surface area contributed by atoms with Gasteiger partial charge in [0.2, 0.25) is 0 Å². The van der Waals surface area contributed by atoms with Gasteiger partial charge in [-0.05, 0) is 30.3 Å². The fourth-order valence-corrected chi connectivity index (χ4v) is 2.13. The number of pyridine rings is 1. The van der Waals surface area contributed by atoms with Gasteiger partial charge in [-0.25, -0.2) is 8.78 Å². The molecule has 1 heterocycles. The summed E-state index contributed by atoms with van der Waals surface area (Å²) in [5.41, 5.74) is 2.00. The van der Waals surface area contributed by atoms with Crippen LogP contribution < -0.4 is 5.32 Å². The first-order valence-corrected chi connectivity index (χ1v) is 6.26. The van der Waals surface area contributed by atoms with E-state index in [1.54, 1.807) is 12.3 Å². The van der Waals surface area contributed by atoms with Crippen molar-refractivity contribution in [2.75, 3.05) is 5.32 Å². The maximum Gasteiger partial charge on any atom is 0.163 e. The third-order valence-corrected chi connectivity index (χ3v) is 3.15. The molecule has 0 saturated heterocycles. The van der Waals surface area contributed by atoms with Gasteiger partial charge in [0.25, 0.3) is 0 Å². The third kappa shape index (κ3) is 2.32. The Morgan fingerprint density at radius 2 is 1.80 bits per heavy atom. The van der Waals surface area contributed by atoms with E-state index in [0.29, 0.717) is 5.56 Å². The van der Waals surface area contributed by atoms with E-state index < -0.39 is 11.6 Å². The minimum absolute atomic E-state index is 0.220. The molecule has 0 aliphatic rings. The first-order valence-electron chi connectivity index (χ1n) is 6.26. The molecule has 2 aromatic carbocycles. The average Bonchev–Trinajstić information content (AvgIpc) is 2.49. The van der Waals surface area contributed by atoms with Gasteiger partial charge in [-0.3, -0.25) is 4.98 Å². The molecule has 2 nitrogen and oxygen atoms in total. The number of fused-ring (bicyclic) bond motifs is 1. The molecule has 0 spiro atoms. The van der Waals surface area contributed by atoms with Gasteiger partial charge in [0.15, 0.2) is 11.6 Å². The summed E-state index contributed by atoms with van der Waals surface area (Å²) in [7, 11) is 0. The Bertz CT molecular complexity index is 751. The van der Waals surface area contributed by atoms with E-state index in [4.69, 9.17) is 0 Å². The second-order valence-corrected chi connectivity index (χ2v) is 4.44. The smallest absolute Gasteiger partial charge is 0.163 e. The van der Waals surface area contributed by atoms with Gasteiger partial charge in [0, 0.05) is 29.4 Å². The Labute approximate surface area is 115 Å². The Balaban J connectivity index is 1.89. The topological polar surface area (TPSA) is 24.9 Å². The maximum atomic E-state index is 13.6. The van der Waals surface area contributed by atoms with Gasteiger partial charge >= 0.3 is 0 Å². The van der Waals surface area contributed by atoms with E-state index in [-0.39, 0.29) is 6.54 Å². The van der Waals surface area contributed by atoms with Crippen LogP contribution in [0.25, 0.3) is 10.9 Å². The van der Waals surface area contributed by atoms with Gasteiger partial charge in [0.05, 0.1) is 5.52 Å². The van der Waals surface area contributed by atoms with Crippen molar-refractivity contribution in [3.8, 4) is 0 Å². The quantitative estimate of drug-likeness (QED) is 0.774. The standard InChI is InChI=1S/C16H12F2N2/c17-13-6-1-4-11(16(13)18)10-20-15-8-2-7-14-12(15)5-3-9-19-14/h1-9,20H,10H2. The molecule has 4 heteroatoms. The molecule has 0 aliphatic carbocycles. The fraction of sp³-hybridized carbons (Fsp3) is 0.0625. The van der Waals surface area contributed by atoms with Gasteiger partial charge in [-0.2, -0.15) is 0 Å². The van der Waals surface area contributed by atoms with Crippen molar-refractivity contribution < 1.29 is 8.78 Å². The summed E-state index contributed by atoms with van der Waals surface area (Å²) in [6.45, 7) is 0.220. The molecule has 0 aliphatic heterocycles. The van der Waals surface area contributed by atoms with Crippen LogP contribution in [0.15, 0.2) is 54.7 Å². The molecule has 1 N–H and O–H groups in total. The number of benzene rings is 2. The number of halogens is 2. The number of anilines is 1. The molecule has 0 unspecified atom stereocenters. The van der Waals surface area contributed by atoms with Crippen molar-refractivity contribution in [3.05, 3.63) is 71.9 Å². The van der Waals surface area contributed by atoms with Crippen LogP contribution in [0, 0.1) is 11.6 Å². The maximum absolute atomic E-state index is 13.6.